The molecule has 0 spiro atoms. The number of carbonyl (C=O) groups is 5. The van der Waals surface area contributed by atoms with Gasteiger partial charge in [-0.25, -0.2) is 18.8 Å². The molecule has 0 radical (unpaired) electrons. The number of halogens is 1. The van der Waals surface area contributed by atoms with Crippen LogP contribution in [0.15, 0.2) is 30.5 Å². The second kappa shape index (κ2) is 13.8. The van der Waals surface area contributed by atoms with Gasteiger partial charge >= 0.3 is 18.2 Å². The number of carbonyl (C=O) groups excluding carboxylic acids is 4. The van der Waals surface area contributed by atoms with Crippen LogP contribution in [-0.2, 0) is 23.9 Å². The Morgan fingerprint density at radius 3 is 2.60 bits per heavy atom. The molecule has 4 amide bonds. The van der Waals surface area contributed by atoms with Crippen LogP contribution in [0.25, 0.3) is 0 Å². The molecule has 0 bridgehead atoms. The fraction of sp³-hybridized carbons (Fsp3) is 0.613. The summed E-state index contributed by atoms with van der Waals surface area (Å²) in [6.07, 6.45) is 5.47. The molecular weight excluding hydrogens is 589 g/mol. The number of nitrogens with zero attached hydrogens (tertiary/aromatic N) is 2. The molecule has 45 heavy (non-hydrogen) atoms. The Bertz CT molecular complexity index is 1320. The number of alkyl carbamates (subject to hydrolysis) is 2. The minimum absolute atomic E-state index is 0.0937. The van der Waals surface area contributed by atoms with E-state index in [9.17, 15) is 33.5 Å². The Labute approximate surface area is 261 Å². The zero-order chi connectivity index (χ0) is 32.9. The molecule has 246 valence electrons. The van der Waals surface area contributed by atoms with Gasteiger partial charge in [-0.3, -0.25) is 14.6 Å². The lowest BCUT2D eigenvalue weighted by Gasteiger charge is -2.30. The van der Waals surface area contributed by atoms with Gasteiger partial charge in [-0.05, 0) is 65.5 Å². The van der Waals surface area contributed by atoms with Gasteiger partial charge in [0.05, 0.1) is 24.5 Å². The lowest BCUT2D eigenvalue weighted by Crippen LogP contribution is -2.56. The van der Waals surface area contributed by atoms with Crippen LogP contribution in [0, 0.1) is 11.7 Å². The summed E-state index contributed by atoms with van der Waals surface area (Å²) in [5.41, 5.74) is -1.91. The lowest BCUT2D eigenvalue weighted by atomic mass is 10.0. The number of hydrogen-bond acceptors (Lipinski definition) is 8. The maximum Gasteiger partial charge on any atom is 0.408 e. The van der Waals surface area contributed by atoms with Crippen LogP contribution in [0.5, 0.6) is 0 Å². The van der Waals surface area contributed by atoms with Gasteiger partial charge < -0.3 is 35.4 Å². The molecule has 1 aromatic rings. The van der Waals surface area contributed by atoms with E-state index in [1.54, 1.807) is 27.7 Å². The Morgan fingerprint density at radius 2 is 1.93 bits per heavy atom. The molecule has 4 N–H and O–H groups in total. The number of aromatic nitrogens is 1. The Hall–Kier alpha value is -4.23. The van der Waals surface area contributed by atoms with Gasteiger partial charge in [-0.15, -0.1) is 0 Å². The predicted octanol–water partition coefficient (Wildman–Crippen LogP) is 3.35. The fourth-order valence-electron chi connectivity index (χ4n) is 5.68. The van der Waals surface area contributed by atoms with Crippen LogP contribution >= 0.6 is 0 Å². The van der Waals surface area contributed by atoms with Crippen molar-refractivity contribution in [2.45, 2.75) is 108 Å². The highest BCUT2D eigenvalue weighted by atomic mass is 19.1. The maximum atomic E-state index is 14.0. The zero-order valence-electron chi connectivity index (χ0n) is 26.0. The van der Waals surface area contributed by atoms with E-state index in [2.05, 4.69) is 20.9 Å². The summed E-state index contributed by atoms with van der Waals surface area (Å²) < 4.78 is 24.2. The molecule has 6 atom stereocenters. The van der Waals surface area contributed by atoms with Crippen molar-refractivity contribution >= 4 is 30.0 Å². The molecule has 4 rings (SSSR count). The number of hydrogen-bond donors (Lipinski definition) is 4. The molecule has 13 nitrogen and oxygen atoms in total. The molecule has 0 aromatic carbocycles. The van der Waals surface area contributed by atoms with E-state index in [1.165, 1.54) is 17.0 Å². The van der Waals surface area contributed by atoms with Gasteiger partial charge in [0.2, 0.25) is 11.8 Å². The number of allylic oxidation sites excluding steroid dienone is 1. The first kappa shape index (κ1) is 33.7. The summed E-state index contributed by atoms with van der Waals surface area (Å²) in [6, 6.07) is -0.195. The monoisotopic (exact) mass is 631 g/mol. The number of amides is 4. The molecule has 3 aliphatic rings. The minimum atomic E-state index is -1.50. The van der Waals surface area contributed by atoms with Crippen molar-refractivity contribution in [2.75, 3.05) is 6.54 Å². The van der Waals surface area contributed by atoms with Crippen LogP contribution in [0.4, 0.5) is 14.0 Å². The molecule has 1 saturated carbocycles. The number of carboxylic acid groups (broad SMARTS) is 1. The second-order valence-corrected chi connectivity index (χ2v) is 12.9. The van der Waals surface area contributed by atoms with Gasteiger partial charge in [-0.1, -0.05) is 25.0 Å². The summed E-state index contributed by atoms with van der Waals surface area (Å²) in [7, 11) is 0. The third kappa shape index (κ3) is 8.70. The van der Waals surface area contributed by atoms with E-state index < -0.39 is 77.1 Å². The Morgan fingerprint density at radius 1 is 1.18 bits per heavy atom. The predicted molar refractivity (Wildman–Crippen MR) is 158 cm³/mol. The quantitative estimate of drug-likeness (QED) is 0.355. The van der Waals surface area contributed by atoms with Crippen molar-refractivity contribution in [1.82, 2.24) is 25.8 Å². The normalized spacial score (nSPS) is 28.6. The molecule has 1 saturated heterocycles. The van der Waals surface area contributed by atoms with E-state index in [0.717, 1.165) is 19.0 Å². The van der Waals surface area contributed by atoms with Crippen LogP contribution in [0.3, 0.4) is 0 Å². The van der Waals surface area contributed by atoms with Crippen molar-refractivity contribution in [2.24, 2.45) is 5.92 Å². The highest BCUT2D eigenvalue weighted by Crippen LogP contribution is 2.45. The van der Waals surface area contributed by atoms with E-state index in [-0.39, 0.29) is 25.8 Å². The first-order valence-corrected chi connectivity index (χ1v) is 15.3. The molecule has 1 aliphatic carbocycles. The molecule has 2 fully saturated rings. The molecule has 14 heteroatoms. The van der Waals surface area contributed by atoms with Crippen molar-refractivity contribution in [3.63, 3.8) is 0 Å². The smallest absolute Gasteiger partial charge is 0.408 e. The largest absolute Gasteiger partial charge is 0.479 e. The van der Waals surface area contributed by atoms with Gasteiger partial charge in [0.1, 0.15) is 35.1 Å². The van der Waals surface area contributed by atoms with Gasteiger partial charge in [0.25, 0.3) is 0 Å². The first-order valence-electron chi connectivity index (χ1n) is 15.3. The summed E-state index contributed by atoms with van der Waals surface area (Å²) in [6.45, 7) is 6.56. The van der Waals surface area contributed by atoms with E-state index in [0.29, 0.717) is 18.5 Å². The number of nitrogens with one attached hydrogen (secondary N) is 3. The van der Waals surface area contributed by atoms with Crippen molar-refractivity contribution < 1.29 is 42.9 Å². The number of pyridine rings is 1. The molecule has 1 aromatic heterocycles. The van der Waals surface area contributed by atoms with Crippen LogP contribution in [0.2, 0.25) is 0 Å². The van der Waals surface area contributed by atoms with E-state index in [4.69, 9.17) is 9.47 Å². The topological polar surface area (TPSA) is 176 Å². The highest BCUT2D eigenvalue weighted by Gasteiger charge is 2.61. The molecule has 3 heterocycles. The SMILES string of the molecule is C[C@@H](NC(=O)O[C@@H]1C[C@H]2C(=O)N[C@]3(C(=O)O)C[C@H]3/C=C\CCCCC[C@H](NC(=O)OC(C)(C)C)C(=O)N2C1)c1ccc(F)cn1. The summed E-state index contributed by atoms with van der Waals surface area (Å²) in [5, 5.41) is 17.9. The van der Waals surface area contributed by atoms with Gasteiger partial charge in [0.15, 0.2) is 0 Å². The Kier molecular flexibility index (Phi) is 10.3. The minimum Gasteiger partial charge on any atom is -0.479 e. The van der Waals surface area contributed by atoms with Gasteiger partial charge in [-0.2, -0.15) is 0 Å². The number of carboxylic acids is 1. The summed E-state index contributed by atoms with van der Waals surface area (Å²) in [5.74, 6) is -3.35. The third-order valence-corrected chi connectivity index (χ3v) is 8.11. The number of rotatable bonds is 5. The van der Waals surface area contributed by atoms with Gasteiger partial charge in [0, 0.05) is 12.3 Å². The maximum absolute atomic E-state index is 14.0. The lowest BCUT2D eigenvalue weighted by molar-refractivity contribution is -0.145. The molecule has 2 aliphatic heterocycles. The first-order chi connectivity index (χ1) is 21.2. The van der Waals surface area contributed by atoms with Crippen molar-refractivity contribution in [3.05, 3.63) is 42.0 Å². The number of fused-ring (bicyclic) bond motifs is 2. The van der Waals surface area contributed by atoms with Crippen molar-refractivity contribution in [3.8, 4) is 0 Å². The average Bonchev–Trinajstić information content (AvgIpc) is 3.48. The highest BCUT2D eigenvalue weighted by molar-refractivity contribution is 5.96. The molecular formula is C31H42FN5O8. The summed E-state index contributed by atoms with van der Waals surface area (Å²) in [4.78, 5) is 70.6. The van der Waals surface area contributed by atoms with E-state index >= 15 is 0 Å². The van der Waals surface area contributed by atoms with Crippen LogP contribution in [-0.4, -0.2) is 80.8 Å². The number of ether oxygens (including phenoxy) is 2. The number of aliphatic carboxylic acids is 1. The van der Waals surface area contributed by atoms with E-state index in [1.807, 2.05) is 12.2 Å². The Balaban J connectivity index is 1.55. The van der Waals surface area contributed by atoms with Crippen LogP contribution < -0.4 is 16.0 Å². The summed E-state index contributed by atoms with van der Waals surface area (Å²) >= 11 is 0. The zero-order valence-corrected chi connectivity index (χ0v) is 26.0. The third-order valence-electron chi connectivity index (χ3n) is 8.11. The average molecular weight is 632 g/mol. The van der Waals surface area contributed by atoms with Crippen LogP contribution in [0.1, 0.15) is 84.4 Å². The second-order valence-electron chi connectivity index (χ2n) is 12.9. The molecule has 0 unspecified atom stereocenters. The standard InChI is InChI=1S/C31H42FN5O8/c1-18(22-13-12-20(32)16-33-22)34-28(42)44-21-14-24-25(38)36-31(27(40)41)15-19(31)10-8-6-5-7-9-11-23(26(39)37(24)17-21)35-29(43)45-30(2,3)4/h8,10,12-13,16,18-19,21,23-24H,5-7,9,11,14-15,17H2,1-4H3,(H,34,42)(H,35,43)(H,36,38)(H,40,41)/b10-8-/t18-,19-,21-,23+,24+,31-/m1/s1. The fourth-order valence-corrected chi connectivity index (χ4v) is 5.68. The van der Waals surface area contributed by atoms with Crippen molar-refractivity contribution in [1.29, 1.82) is 0 Å².